The summed E-state index contributed by atoms with van der Waals surface area (Å²) < 4.78 is 0. The second-order valence-corrected chi connectivity index (χ2v) is 4.79. The highest BCUT2D eigenvalue weighted by atomic mass is 32.2. The average molecular weight is 254 g/mol. The van der Waals surface area contributed by atoms with Crippen LogP contribution in [0.5, 0.6) is 0 Å². The number of rotatable bonds is 2. The van der Waals surface area contributed by atoms with Gasteiger partial charge in [-0.05, 0) is 24.3 Å². The highest BCUT2D eigenvalue weighted by Crippen LogP contribution is 2.34. The Bertz CT molecular complexity index is 685. The molecular formula is C13H10N4S. The van der Waals surface area contributed by atoms with Gasteiger partial charge in [0.15, 0.2) is 0 Å². The van der Waals surface area contributed by atoms with Crippen LogP contribution in [0.1, 0.15) is 0 Å². The largest absolute Gasteiger partial charge is 0.398 e. The molecule has 0 spiro atoms. The fourth-order valence-electron chi connectivity index (χ4n) is 1.72. The summed E-state index contributed by atoms with van der Waals surface area (Å²) in [6.45, 7) is 0. The molecule has 2 aromatic heterocycles. The fourth-order valence-corrected chi connectivity index (χ4v) is 2.60. The second-order valence-electron chi connectivity index (χ2n) is 3.72. The van der Waals surface area contributed by atoms with Crippen LogP contribution in [0.15, 0.2) is 59.1 Å². The van der Waals surface area contributed by atoms with E-state index in [1.807, 2.05) is 24.3 Å². The Kier molecular flexibility index (Phi) is 2.82. The van der Waals surface area contributed by atoms with Crippen LogP contribution in [0.3, 0.4) is 0 Å². The van der Waals surface area contributed by atoms with Gasteiger partial charge in [-0.3, -0.25) is 4.98 Å². The maximum atomic E-state index is 5.94. The maximum absolute atomic E-state index is 5.94. The Labute approximate surface area is 108 Å². The first-order valence-corrected chi connectivity index (χ1v) is 6.22. The zero-order valence-electron chi connectivity index (χ0n) is 9.45. The molecule has 0 saturated heterocycles. The van der Waals surface area contributed by atoms with Crippen LogP contribution in [0.2, 0.25) is 0 Å². The molecular weight excluding hydrogens is 244 g/mol. The zero-order chi connectivity index (χ0) is 12.4. The number of nitrogen functional groups attached to an aromatic ring is 1. The van der Waals surface area contributed by atoms with Crippen LogP contribution in [0.4, 0.5) is 5.69 Å². The smallest absolute Gasteiger partial charge is 0.116 e. The Hall–Kier alpha value is -2.14. The summed E-state index contributed by atoms with van der Waals surface area (Å²) in [5.74, 6) is 0. The van der Waals surface area contributed by atoms with Crippen molar-refractivity contribution in [3.05, 3.63) is 49.2 Å². The third kappa shape index (κ3) is 2.00. The maximum Gasteiger partial charge on any atom is 0.116 e. The molecule has 2 heterocycles. The molecule has 0 amide bonds. The van der Waals surface area contributed by atoms with Gasteiger partial charge >= 0.3 is 0 Å². The third-order valence-electron chi connectivity index (χ3n) is 2.58. The van der Waals surface area contributed by atoms with E-state index < -0.39 is 0 Å². The molecule has 0 saturated carbocycles. The van der Waals surface area contributed by atoms with Crippen molar-refractivity contribution in [3.8, 4) is 0 Å². The predicted octanol–water partition coefficient (Wildman–Crippen LogP) is 2.76. The van der Waals surface area contributed by atoms with E-state index in [-0.39, 0.29) is 0 Å². The molecule has 2 N–H and O–H groups in total. The number of nitrogens with two attached hydrogens (primary N) is 1. The standard InChI is InChI=1S/C13H10N4S/c14-11-1-2-12(9-3-5-15-7-10(9)11)18-13-4-6-16-8-17-13/h1-8H,14H2. The number of fused-ring (bicyclic) bond motifs is 1. The lowest BCUT2D eigenvalue weighted by Gasteiger charge is -2.07. The molecule has 5 heteroatoms. The van der Waals surface area contributed by atoms with Gasteiger partial charge in [0.2, 0.25) is 0 Å². The normalized spacial score (nSPS) is 10.7. The number of hydrogen-bond donors (Lipinski definition) is 1. The molecule has 0 aliphatic heterocycles. The van der Waals surface area contributed by atoms with Crippen molar-refractivity contribution in [2.45, 2.75) is 9.92 Å². The van der Waals surface area contributed by atoms with E-state index in [1.54, 1.807) is 36.7 Å². The minimum Gasteiger partial charge on any atom is -0.398 e. The summed E-state index contributed by atoms with van der Waals surface area (Å²) in [5, 5.41) is 2.97. The van der Waals surface area contributed by atoms with Gasteiger partial charge in [0.05, 0.1) is 0 Å². The molecule has 0 bridgehead atoms. The summed E-state index contributed by atoms with van der Waals surface area (Å²) in [6.07, 6.45) is 6.83. The molecule has 0 atom stereocenters. The van der Waals surface area contributed by atoms with Crippen molar-refractivity contribution in [1.82, 2.24) is 15.0 Å². The van der Waals surface area contributed by atoms with E-state index in [0.29, 0.717) is 0 Å². The Balaban J connectivity index is 2.10. The second kappa shape index (κ2) is 4.62. The molecule has 1 aromatic carbocycles. The highest BCUT2D eigenvalue weighted by Gasteiger charge is 2.06. The molecule has 0 unspecified atom stereocenters. The van der Waals surface area contributed by atoms with Crippen LogP contribution in [-0.2, 0) is 0 Å². The van der Waals surface area contributed by atoms with Gasteiger partial charge in [0.1, 0.15) is 11.4 Å². The topological polar surface area (TPSA) is 64.7 Å². The van der Waals surface area contributed by atoms with Crippen LogP contribution in [-0.4, -0.2) is 15.0 Å². The number of aromatic nitrogens is 3. The quantitative estimate of drug-likeness (QED) is 0.562. The van der Waals surface area contributed by atoms with E-state index in [2.05, 4.69) is 15.0 Å². The minimum atomic E-state index is 0.741. The van der Waals surface area contributed by atoms with Gasteiger partial charge in [-0.15, -0.1) is 0 Å². The fraction of sp³-hybridized carbons (Fsp3) is 0. The lowest BCUT2D eigenvalue weighted by Crippen LogP contribution is -1.89. The molecule has 0 aliphatic rings. The molecule has 18 heavy (non-hydrogen) atoms. The van der Waals surface area contributed by atoms with E-state index in [9.17, 15) is 0 Å². The summed E-state index contributed by atoms with van der Waals surface area (Å²) in [7, 11) is 0. The van der Waals surface area contributed by atoms with Crippen molar-refractivity contribution in [3.63, 3.8) is 0 Å². The van der Waals surface area contributed by atoms with E-state index in [4.69, 9.17) is 5.73 Å². The highest BCUT2D eigenvalue weighted by molar-refractivity contribution is 7.99. The first kappa shape index (κ1) is 11.0. The van der Waals surface area contributed by atoms with E-state index in [1.165, 1.54) is 0 Å². The van der Waals surface area contributed by atoms with Gasteiger partial charge in [-0.1, -0.05) is 11.8 Å². The van der Waals surface area contributed by atoms with Gasteiger partial charge in [0, 0.05) is 39.9 Å². The third-order valence-corrected chi connectivity index (χ3v) is 3.61. The van der Waals surface area contributed by atoms with Gasteiger partial charge in [-0.2, -0.15) is 0 Å². The van der Waals surface area contributed by atoms with Crippen LogP contribution >= 0.6 is 11.8 Å². The predicted molar refractivity (Wildman–Crippen MR) is 72.3 cm³/mol. The first-order valence-electron chi connectivity index (χ1n) is 5.40. The number of anilines is 1. The van der Waals surface area contributed by atoms with Gasteiger partial charge in [0.25, 0.3) is 0 Å². The molecule has 0 fully saturated rings. The van der Waals surface area contributed by atoms with Crippen molar-refractivity contribution < 1.29 is 0 Å². The first-order chi connectivity index (χ1) is 8.84. The molecule has 4 nitrogen and oxygen atoms in total. The SMILES string of the molecule is Nc1ccc(Sc2ccncn2)c2ccncc12. The Morgan fingerprint density at radius 1 is 0.944 bits per heavy atom. The van der Waals surface area contributed by atoms with Crippen molar-refractivity contribution >= 4 is 28.2 Å². The number of nitrogens with zero attached hydrogens (tertiary/aromatic N) is 3. The van der Waals surface area contributed by atoms with Crippen LogP contribution in [0, 0.1) is 0 Å². The summed E-state index contributed by atoms with van der Waals surface area (Å²) >= 11 is 1.59. The molecule has 88 valence electrons. The average Bonchev–Trinajstić information content (AvgIpc) is 2.44. The monoisotopic (exact) mass is 254 g/mol. The summed E-state index contributed by atoms with van der Waals surface area (Å²) in [6, 6.07) is 7.75. The van der Waals surface area contributed by atoms with Crippen molar-refractivity contribution in [2.75, 3.05) is 5.73 Å². The molecule has 0 radical (unpaired) electrons. The lowest BCUT2D eigenvalue weighted by molar-refractivity contribution is 1.05. The van der Waals surface area contributed by atoms with Gasteiger partial charge in [-0.25, -0.2) is 9.97 Å². The van der Waals surface area contributed by atoms with Crippen molar-refractivity contribution in [2.24, 2.45) is 0 Å². The molecule has 3 rings (SSSR count). The molecule has 3 aromatic rings. The van der Waals surface area contributed by atoms with Crippen LogP contribution < -0.4 is 5.73 Å². The van der Waals surface area contributed by atoms with Gasteiger partial charge < -0.3 is 5.73 Å². The zero-order valence-corrected chi connectivity index (χ0v) is 10.3. The number of hydrogen-bond acceptors (Lipinski definition) is 5. The summed E-state index contributed by atoms with van der Waals surface area (Å²) in [5.41, 5.74) is 6.68. The molecule has 0 aliphatic carbocycles. The number of benzene rings is 1. The lowest BCUT2D eigenvalue weighted by atomic mass is 10.1. The number of pyridine rings is 1. The summed E-state index contributed by atoms with van der Waals surface area (Å²) in [4.78, 5) is 13.3. The van der Waals surface area contributed by atoms with E-state index >= 15 is 0 Å². The van der Waals surface area contributed by atoms with E-state index in [0.717, 1.165) is 26.4 Å². The Morgan fingerprint density at radius 2 is 1.83 bits per heavy atom. The van der Waals surface area contributed by atoms with Crippen molar-refractivity contribution in [1.29, 1.82) is 0 Å². The Morgan fingerprint density at radius 3 is 2.67 bits per heavy atom. The minimum absolute atomic E-state index is 0.741. The van der Waals surface area contributed by atoms with Crippen LogP contribution in [0.25, 0.3) is 10.8 Å².